The number of carbonyl (C=O) groups is 1. The first kappa shape index (κ1) is 12.0. The zero-order valence-corrected chi connectivity index (χ0v) is 10.9. The Balaban J connectivity index is 2.09. The molecule has 2 heteroatoms. The smallest absolute Gasteiger partial charge is 0.335 e. The molecule has 2 nitrogen and oxygen atoms in total. The van der Waals surface area contributed by atoms with E-state index in [1.165, 1.54) is 24.0 Å². The summed E-state index contributed by atoms with van der Waals surface area (Å²) in [4.78, 5) is 11.1. The van der Waals surface area contributed by atoms with Crippen molar-refractivity contribution in [2.45, 2.75) is 26.2 Å². The van der Waals surface area contributed by atoms with E-state index in [1.54, 1.807) is 12.1 Å². The number of aromatic carboxylic acids is 1. The van der Waals surface area contributed by atoms with E-state index in [0.29, 0.717) is 5.56 Å². The van der Waals surface area contributed by atoms with Crippen LogP contribution in [-0.4, -0.2) is 11.1 Å². The number of fused-ring (bicyclic) bond motifs is 1. The Labute approximate surface area is 112 Å². The second kappa shape index (κ2) is 4.54. The van der Waals surface area contributed by atoms with Gasteiger partial charge in [-0.25, -0.2) is 4.79 Å². The van der Waals surface area contributed by atoms with Gasteiger partial charge >= 0.3 is 5.97 Å². The third kappa shape index (κ3) is 2.26. The first-order chi connectivity index (χ1) is 9.13. The highest BCUT2D eigenvalue weighted by molar-refractivity contribution is 5.89. The average molecular weight is 252 g/mol. The summed E-state index contributed by atoms with van der Waals surface area (Å²) >= 11 is 0. The molecule has 0 aromatic heterocycles. The van der Waals surface area contributed by atoms with Crippen molar-refractivity contribution in [2.24, 2.45) is 0 Å². The monoisotopic (exact) mass is 252 g/mol. The van der Waals surface area contributed by atoms with Gasteiger partial charge in [0, 0.05) is 0 Å². The number of aryl methyl sites for hydroxylation is 3. The van der Waals surface area contributed by atoms with Gasteiger partial charge in [0.2, 0.25) is 0 Å². The number of hydrogen-bond donors (Lipinski definition) is 1. The van der Waals surface area contributed by atoms with Crippen LogP contribution in [0.4, 0.5) is 0 Å². The summed E-state index contributed by atoms with van der Waals surface area (Å²) in [6.45, 7) is 1.93. The van der Waals surface area contributed by atoms with Crippen molar-refractivity contribution in [2.75, 3.05) is 0 Å². The molecule has 0 saturated heterocycles. The van der Waals surface area contributed by atoms with Crippen LogP contribution in [0.15, 0.2) is 36.4 Å². The van der Waals surface area contributed by atoms with Gasteiger partial charge in [-0.1, -0.05) is 24.3 Å². The van der Waals surface area contributed by atoms with Crippen molar-refractivity contribution < 1.29 is 9.90 Å². The number of benzene rings is 2. The first-order valence-electron chi connectivity index (χ1n) is 6.60. The molecule has 0 amide bonds. The van der Waals surface area contributed by atoms with E-state index in [2.05, 4.69) is 18.2 Å². The van der Waals surface area contributed by atoms with E-state index in [1.807, 2.05) is 13.0 Å². The van der Waals surface area contributed by atoms with Crippen molar-refractivity contribution >= 4 is 5.97 Å². The zero-order valence-electron chi connectivity index (χ0n) is 10.9. The topological polar surface area (TPSA) is 37.3 Å². The number of carboxylic acid groups (broad SMARTS) is 1. The van der Waals surface area contributed by atoms with Crippen molar-refractivity contribution in [3.8, 4) is 11.1 Å². The van der Waals surface area contributed by atoms with Crippen molar-refractivity contribution in [1.82, 2.24) is 0 Å². The van der Waals surface area contributed by atoms with Crippen LogP contribution in [0.25, 0.3) is 11.1 Å². The standard InChI is InChI=1S/C17H16O2/c1-11-7-15(10-16(8-11)17(18)19)14-6-5-12-3-2-4-13(12)9-14/h5-10H,2-4H2,1H3,(H,18,19). The van der Waals surface area contributed by atoms with Crippen molar-refractivity contribution in [3.05, 3.63) is 58.7 Å². The largest absolute Gasteiger partial charge is 0.478 e. The molecule has 0 aliphatic heterocycles. The quantitative estimate of drug-likeness (QED) is 0.881. The van der Waals surface area contributed by atoms with Gasteiger partial charge in [0.25, 0.3) is 0 Å². The number of rotatable bonds is 2. The third-order valence-corrected chi connectivity index (χ3v) is 3.76. The minimum Gasteiger partial charge on any atom is -0.478 e. The van der Waals surface area contributed by atoms with E-state index in [-0.39, 0.29) is 0 Å². The van der Waals surface area contributed by atoms with Crippen LogP contribution in [0.1, 0.15) is 33.5 Å². The molecule has 0 bridgehead atoms. The van der Waals surface area contributed by atoms with Crippen LogP contribution >= 0.6 is 0 Å². The summed E-state index contributed by atoms with van der Waals surface area (Å²) in [5.74, 6) is -0.869. The van der Waals surface area contributed by atoms with Crippen LogP contribution in [0.5, 0.6) is 0 Å². The van der Waals surface area contributed by atoms with E-state index in [4.69, 9.17) is 5.11 Å². The molecule has 19 heavy (non-hydrogen) atoms. The van der Waals surface area contributed by atoms with Crippen LogP contribution in [-0.2, 0) is 12.8 Å². The minimum atomic E-state index is -0.869. The van der Waals surface area contributed by atoms with E-state index in [0.717, 1.165) is 23.1 Å². The van der Waals surface area contributed by atoms with Gasteiger partial charge in [-0.2, -0.15) is 0 Å². The molecule has 0 radical (unpaired) electrons. The molecule has 2 aromatic rings. The maximum atomic E-state index is 11.1. The fourth-order valence-corrected chi connectivity index (χ4v) is 2.82. The Morgan fingerprint density at radius 3 is 2.58 bits per heavy atom. The Morgan fingerprint density at radius 1 is 1.00 bits per heavy atom. The molecule has 96 valence electrons. The predicted octanol–water partition coefficient (Wildman–Crippen LogP) is 3.85. The van der Waals surface area contributed by atoms with Gasteiger partial charge < -0.3 is 5.11 Å². The van der Waals surface area contributed by atoms with E-state index >= 15 is 0 Å². The fraction of sp³-hybridized carbons (Fsp3) is 0.235. The molecule has 2 aromatic carbocycles. The first-order valence-corrected chi connectivity index (χ1v) is 6.60. The highest BCUT2D eigenvalue weighted by atomic mass is 16.4. The lowest BCUT2D eigenvalue weighted by molar-refractivity contribution is 0.0697. The van der Waals surface area contributed by atoms with Crippen LogP contribution in [0.3, 0.4) is 0 Å². The van der Waals surface area contributed by atoms with E-state index in [9.17, 15) is 4.79 Å². The van der Waals surface area contributed by atoms with E-state index < -0.39 is 5.97 Å². The average Bonchev–Trinajstić information content (AvgIpc) is 2.85. The Morgan fingerprint density at radius 2 is 1.79 bits per heavy atom. The Bertz CT molecular complexity index is 656. The van der Waals surface area contributed by atoms with Gasteiger partial charge in [0.1, 0.15) is 0 Å². The lowest BCUT2D eigenvalue weighted by Crippen LogP contribution is -1.97. The highest BCUT2D eigenvalue weighted by Crippen LogP contribution is 2.29. The summed E-state index contributed by atoms with van der Waals surface area (Å²) in [6, 6.07) is 12.0. The van der Waals surface area contributed by atoms with Gasteiger partial charge in [-0.3, -0.25) is 0 Å². The van der Waals surface area contributed by atoms with Crippen molar-refractivity contribution in [3.63, 3.8) is 0 Å². The molecule has 0 unspecified atom stereocenters. The molecular weight excluding hydrogens is 236 g/mol. The zero-order chi connectivity index (χ0) is 13.4. The molecule has 0 atom stereocenters. The lowest BCUT2D eigenvalue weighted by Gasteiger charge is -2.08. The predicted molar refractivity (Wildman–Crippen MR) is 75.6 cm³/mol. The molecule has 1 aliphatic carbocycles. The SMILES string of the molecule is Cc1cc(C(=O)O)cc(-c2ccc3c(c2)CCC3)c1. The van der Waals surface area contributed by atoms with Crippen LogP contribution in [0, 0.1) is 6.92 Å². The molecule has 0 heterocycles. The van der Waals surface area contributed by atoms with Gasteiger partial charge in [-0.15, -0.1) is 0 Å². The van der Waals surface area contributed by atoms with Crippen LogP contribution < -0.4 is 0 Å². The molecule has 0 fully saturated rings. The molecular formula is C17H16O2. The summed E-state index contributed by atoms with van der Waals surface area (Å²) < 4.78 is 0. The summed E-state index contributed by atoms with van der Waals surface area (Å²) in [5.41, 5.74) is 6.30. The van der Waals surface area contributed by atoms with Gasteiger partial charge in [0.15, 0.2) is 0 Å². The molecule has 0 saturated carbocycles. The van der Waals surface area contributed by atoms with Crippen LogP contribution in [0.2, 0.25) is 0 Å². The molecule has 0 spiro atoms. The third-order valence-electron chi connectivity index (χ3n) is 3.76. The summed E-state index contributed by atoms with van der Waals surface area (Å²) in [6.07, 6.45) is 3.54. The van der Waals surface area contributed by atoms with Gasteiger partial charge in [-0.05, 0) is 66.1 Å². The van der Waals surface area contributed by atoms with Crippen molar-refractivity contribution in [1.29, 1.82) is 0 Å². The van der Waals surface area contributed by atoms with Gasteiger partial charge in [0.05, 0.1) is 5.56 Å². The molecule has 3 rings (SSSR count). The lowest BCUT2D eigenvalue weighted by atomic mass is 9.97. The number of hydrogen-bond acceptors (Lipinski definition) is 1. The summed E-state index contributed by atoms with van der Waals surface area (Å²) in [5, 5.41) is 9.14. The maximum absolute atomic E-state index is 11.1. The normalized spacial score (nSPS) is 13.3. The molecule has 1 N–H and O–H groups in total. The highest BCUT2D eigenvalue weighted by Gasteiger charge is 2.12. The molecule has 1 aliphatic rings. The number of carboxylic acids is 1. The minimum absolute atomic E-state index is 0.357. The second-order valence-electron chi connectivity index (χ2n) is 5.23. The Hall–Kier alpha value is -2.09. The summed E-state index contributed by atoms with van der Waals surface area (Å²) in [7, 11) is 0. The second-order valence-corrected chi connectivity index (χ2v) is 5.23. The fourth-order valence-electron chi connectivity index (χ4n) is 2.82. The Kier molecular flexibility index (Phi) is 2.86. The maximum Gasteiger partial charge on any atom is 0.335 e.